The molecule has 2 N–H and O–H groups in total. The number of likely N-dealkylation sites (tertiary alicyclic amines) is 1. The van der Waals surface area contributed by atoms with Crippen LogP contribution in [0.2, 0.25) is 5.02 Å². The van der Waals surface area contributed by atoms with E-state index in [1.54, 1.807) is 44.5 Å². The number of carbonyl (C=O) groups is 1. The quantitative estimate of drug-likeness (QED) is 0.336. The van der Waals surface area contributed by atoms with Gasteiger partial charge < -0.3 is 29.3 Å². The molecule has 5 rings (SSSR count). The van der Waals surface area contributed by atoms with Gasteiger partial charge in [0.2, 0.25) is 0 Å². The van der Waals surface area contributed by atoms with Gasteiger partial charge in [-0.15, -0.1) is 0 Å². The Morgan fingerprint density at radius 1 is 1.17 bits per heavy atom. The molecule has 41 heavy (non-hydrogen) atoms. The van der Waals surface area contributed by atoms with Gasteiger partial charge in [-0.1, -0.05) is 35.9 Å². The van der Waals surface area contributed by atoms with E-state index in [4.69, 9.17) is 25.8 Å². The number of aromatic nitrogens is 1. The van der Waals surface area contributed by atoms with E-state index in [0.29, 0.717) is 56.3 Å². The second-order valence-electron chi connectivity index (χ2n) is 10.7. The fourth-order valence-electron chi connectivity index (χ4n) is 5.76. The minimum atomic E-state index is -1.51. The van der Waals surface area contributed by atoms with Gasteiger partial charge in [0.25, 0.3) is 0 Å². The van der Waals surface area contributed by atoms with Gasteiger partial charge in [0, 0.05) is 49.1 Å². The monoisotopic (exact) mass is 578 g/mol. The van der Waals surface area contributed by atoms with E-state index in [0.717, 1.165) is 33.9 Å². The third kappa shape index (κ3) is 5.83. The van der Waals surface area contributed by atoms with Crippen LogP contribution >= 0.6 is 11.6 Å². The van der Waals surface area contributed by atoms with Crippen LogP contribution in [0.15, 0.2) is 66.9 Å². The summed E-state index contributed by atoms with van der Waals surface area (Å²) in [5.41, 5.74) is 1.40. The maximum Gasteiger partial charge on any atom is 0.313 e. The van der Waals surface area contributed by atoms with Crippen molar-refractivity contribution in [1.29, 1.82) is 0 Å². The maximum absolute atomic E-state index is 12.6. The minimum Gasteiger partial charge on any atom is -0.491 e. The number of benzene rings is 2. The normalized spacial score (nSPS) is 23.3. The SMILES string of the molecule is COCCOc1ccc2c(c1)C(=CCCN1CCC(O)(c3ccc(Cl)cc3)C(C)(C(=O)O)C1)c1cccnc1CO2. The number of aliphatic carboxylic acids is 1. The molecule has 3 aromatic rings. The molecule has 2 aliphatic heterocycles. The molecule has 2 unspecified atom stereocenters. The smallest absolute Gasteiger partial charge is 0.313 e. The lowest BCUT2D eigenvalue weighted by Crippen LogP contribution is -2.60. The Kier molecular flexibility index (Phi) is 8.66. The summed E-state index contributed by atoms with van der Waals surface area (Å²) in [6, 6.07) is 16.5. The zero-order valence-corrected chi connectivity index (χ0v) is 24.1. The van der Waals surface area contributed by atoms with Crippen LogP contribution in [0.3, 0.4) is 0 Å². The predicted octanol–water partition coefficient (Wildman–Crippen LogP) is 5.16. The Labute approximate surface area is 245 Å². The van der Waals surface area contributed by atoms with Gasteiger partial charge in [0.05, 0.1) is 12.3 Å². The molecule has 3 heterocycles. The van der Waals surface area contributed by atoms with E-state index in [-0.39, 0.29) is 6.54 Å². The Balaban J connectivity index is 1.39. The lowest BCUT2D eigenvalue weighted by atomic mass is 9.65. The predicted molar refractivity (Wildman–Crippen MR) is 156 cm³/mol. The second kappa shape index (κ2) is 12.2. The third-order valence-electron chi connectivity index (χ3n) is 8.17. The van der Waals surface area contributed by atoms with Gasteiger partial charge in [0.15, 0.2) is 0 Å². The van der Waals surface area contributed by atoms with Gasteiger partial charge in [-0.05, 0) is 67.3 Å². The highest BCUT2D eigenvalue weighted by Gasteiger charge is 2.56. The van der Waals surface area contributed by atoms with Gasteiger partial charge in [-0.3, -0.25) is 9.78 Å². The Morgan fingerprint density at radius 2 is 1.98 bits per heavy atom. The zero-order valence-electron chi connectivity index (χ0n) is 23.3. The van der Waals surface area contributed by atoms with Gasteiger partial charge >= 0.3 is 5.97 Å². The number of carboxylic acid groups (broad SMARTS) is 1. The Hall–Kier alpha value is -3.43. The molecule has 0 bridgehead atoms. The number of hydrogen-bond acceptors (Lipinski definition) is 7. The van der Waals surface area contributed by atoms with Crippen molar-refractivity contribution >= 4 is 23.1 Å². The van der Waals surface area contributed by atoms with Crippen LogP contribution in [0.5, 0.6) is 11.5 Å². The second-order valence-corrected chi connectivity index (χ2v) is 11.2. The number of aliphatic hydroxyl groups is 1. The minimum absolute atomic E-state index is 0.208. The highest BCUT2D eigenvalue weighted by molar-refractivity contribution is 6.30. The molecule has 1 aromatic heterocycles. The largest absolute Gasteiger partial charge is 0.491 e. The average Bonchev–Trinajstić information content (AvgIpc) is 3.12. The molecule has 1 fully saturated rings. The molecule has 0 radical (unpaired) electrons. The standard InChI is InChI=1S/C32H35ClN2O6/c1-31(30(36)37)21-35(16-13-32(31,38)22-7-9-23(33)10-8-22)15-4-6-25-26-5-3-14-34-28(26)20-41-29-12-11-24(19-27(25)29)40-18-17-39-2/h3,5-12,14,19,38H,4,13,15-18,20-21H2,1-2H3,(H,36,37). The number of carboxylic acids is 1. The Bertz CT molecular complexity index is 1430. The summed E-state index contributed by atoms with van der Waals surface area (Å²) in [4.78, 5) is 19.2. The number of methoxy groups -OCH3 is 1. The van der Waals surface area contributed by atoms with Crippen LogP contribution < -0.4 is 9.47 Å². The zero-order chi connectivity index (χ0) is 29.0. The summed E-state index contributed by atoms with van der Waals surface area (Å²) in [7, 11) is 1.64. The summed E-state index contributed by atoms with van der Waals surface area (Å²) in [6.45, 7) is 4.30. The number of nitrogens with zero attached hydrogens (tertiary/aromatic N) is 2. The molecule has 0 saturated carbocycles. The average molecular weight is 579 g/mol. The highest BCUT2D eigenvalue weighted by Crippen LogP contribution is 2.47. The summed E-state index contributed by atoms with van der Waals surface area (Å²) in [5, 5.41) is 22.5. The van der Waals surface area contributed by atoms with Crippen LogP contribution in [0.1, 0.15) is 42.1 Å². The van der Waals surface area contributed by atoms with Crippen molar-refractivity contribution in [2.24, 2.45) is 5.41 Å². The fourth-order valence-corrected chi connectivity index (χ4v) is 5.88. The molecule has 9 heteroatoms. The molecular formula is C32H35ClN2O6. The molecular weight excluding hydrogens is 544 g/mol. The molecule has 1 saturated heterocycles. The van der Waals surface area contributed by atoms with E-state index in [1.165, 1.54) is 0 Å². The van der Waals surface area contributed by atoms with E-state index >= 15 is 0 Å². The Morgan fingerprint density at radius 3 is 2.73 bits per heavy atom. The number of hydrogen-bond donors (Lipinski definition) is 2. The first-order valence-corrected chi connectivity index (χ1v) is 14.1. The lowest BCUT2D eigenvalue weighted by molar-refractivity contribution is -0.183. The molecule has 2 aromatic carbocycles. The van der Waals surface area contributed by atoms with Crippen LogP contribution in [0.25, 0.3) is 5.57 Å². The number of pyridine rings is 1. The molecule has 2 atom stereocenters. The van der Waals surface area contributed by atoms with Crippen LogP contribution in [0, 0.1) is 5.41 Å². The molecule has 0 spiro atoms. The van der Waals surface area contributed by atoms with Crippen molar-refractivity contribution in [1.82, 2.24) is 9.88 Å². The van der Waals surface area contributed by atoms with Gasteiger partial charge in [-0.2, -0.15) is 0 Å². The lowest BCUT2D eigenvalue weighted by Gasteiger charge is -2.49. The molecule has 8 nitrogen and oxygen atoms in total. The summed E-state index contributed by atoms with van der Waals surface area (Å²) >= 11 is 6.05. The summed E-state index contributed by atoms with van der Waals surface area (Å²) in [6.07, 6.45) is 4.87. The van der Waals surface area contributed by atoms with Crippen molar-refractivity contribution in [3.8, 4) is 11.5 Å². The van der Waals surface area contributed by atoms with Crippen molar-refractivity contribution in [2.75, 3.05) is 40.0 Å². The molecule has 0 aliphatic carbocycles. The van der Waals surface area contributed by atoms with Crippen molar-refractivity contribution in [3.05, 3.63) is 94.3 Å². The number of halogens is 1. The van der Waals surface area contributed by atoms with E-state index in [1.807, 2.05) is 30.3 Å². The number of rotatable bonds is 9. The molecule has 0 amide bonds. The van der Waals surface area contributed by atoms with Gasteiger partial charge in [0.1, 0.15) is 35.7 Å². The van der Waals surface area contributed by atoms with Crippen molar-refractivity contribution < 1.29 is 29.2 Å². The highest BCUT2D eigenvalue weighted by atomic mass is 35.5. The fraction of sp³-hybridized carbons (Fsp3) is 0.375. The van der Waals surface area contributed by atoms with Crippen molar-refractivity contribution in [2.45, 2.75) is 32.0 Å². The van der Waals surface area contributed by atoms with Gasteiger partial charge in [-0.25, -0.2) is 0 Å². The molecule has 216 valence electrons. The van der Waals surface area contributed by atoms with Crippen molar-refractivity contribution in [3.63, 3.8) is 0 Å². The van der Waals surface area contributed by atoms with E-state index in [2.05, 4.69) is 16.0 Å². The van der Waals surface area contributed by atoms with Crippen LogP contribution in [-0.2, 0) is 21.7 Å². The van der Waals surface area contributed by atoms with Crippen LogP contribution in [-0.4, -0.2) is 66.0 Å². The van der Waals surface area contributed by atoms with E-state index in [9.17, 15) is 15.0 Å². The first-order valence-electron chi connectivity index (χ1n) is 13.7. The van der Waals surface area contributed by atoms with E-state index < -0.39 is 17.0 Å². The van der Waals surface area contributed by atoms with Crippen LogP contribution in [0.4, 0.5) is 0 Å². The topological polar surface area (TPSA) is 101 Å². The summed E-state index contributed by atoms with van der Waals surface area (Å²) in [5.74, 6) is 0.434. The maximum atomic E-state index is 12.6. The summed E-state index contributed by atoms with van der Waals surface area (Å²) < 4.78 is 17.1. The molecule has 2 aliphatic rings. The first-order chi connectivity index (χ1) is 19.7. The number of fused-ring (bicyclic) bond motifs is 2. The first kappa shape index (κ1) is 29.1. The number of ether oxygens (including phenoxy) is 3. The third-order valence-corrected chi connectivity index (χ3v) is 8.42. The number of piperidine rings is 1.